The predicted octanol–water partition coefficient (Wildman–Crippen LogP) is 2.66. The Morgan fingerprint density at radius 1 is 1.33 bits per heavy atom. The molecule has 0 spiro atoms. The van der Waals surface area contributed by atoms with Crippen molar-refractivity contribution in [2.24, 2.45) is 0 Å². The highest BCUT2D eigenvalue weighted by molar-refractivity contribution is 7.92. The van der Waals surface area contributed by atoms with E-state index >= 15 is 0 Å². The average molecular weight is 361 g/mol. The van der Waals surface area contributed by atoms with E-state index in [0.29, 0.717) is 19.3 Å². The third kappa shape index (κ3) is 3.54. The first kappa shape index (κ1) is 16.8. The second kappa shape index (κ2) is 6.10. The maximum Gasteiger partial charge on any atom is 0.416 e. The molecule has 24 heavy (non-hydrogen) atoms. The Hall–Kier alpha value is -2.07. The highest BCUT2D eigenvalue weighted by Crippen LogP contribution is 2.31. The lowest BCUT2D eigenvalue weighted by atomic mass is 10.2. The Morgan fingerprint density at radius 3 is 2.79 bits per heavy atom. The summed E-state index contributed by atoms with van der Waals surface area (Å²) in [6.07, 6.45) is -1.05. The van der Waals surface area contributed by atoms with Gasteiger partial charge in [-0.15, -0.1) is 0 Å². The van der Waals surface area contributed by atoms with Gasteiger partial charge in [-0.1, -0.05) is 6.07 Å². The number of sulfonamides is 1. The SMILES string of the molecule is O=S(=O)(Nc1cnn([C@H]2CCOC2)c1)c1cccc(C(F)(F)F)c1. The summed E-state index contributed by atoms with van der Waals surface area (Å²) in [6, 6.07) is 3.59. The molecule has 1 N–H and O–H groups in total. The van der Waals surface area contributed by atoms with Crippen LogP contribution in [0.4, 0.5) is 18.9 Å². The lowest BCUT2D eigenvalue weighted by molar-refractivity contribution is -0.137. The van der Waals surface area contributed by atoms with Crippen LogP contribution < -0.4 is 4.72 Å². The molecule has 1 saturated heterocycles. The number of aromatic nitrogens is 2. The van der Waals surface area contributed by atoms with Gasteiger partial charge < -0.3 is 4.74 Å². The minimum absolute atomic E-state index is 0.0248. The number of nitrogens with zero attached hydrogens (tertiary/aromatic N) is 2. The molecule has 1 aliphatic heterocycles. The Bertz CT molecular complexity index is 827. The van der Waals surface area contributed by atoms with E-state index in [0.717, 1.165) is 24.6 Å². The van der Waals surface area contributed by atoms with Crippen molar-refractivity contribution in [3.63, 3.8) is 0 Å². The van der Waals surface area contributed by atoms with E-state index in [2.05, 4.69) is 9.82 Å². The van der Waals surface area contributed by atoms with Gasteiger partial charge in [0.2, 0.25) is 0 Å². The minimum atomic E-state index is -4.61. The Labute approximate surface area is 136 Å². The second-order valence-corrected chi connectivity index (χ2v) is 7.04. The summed E-state index contributed by atoms with van der Waals surface area (Å²) in [5, 5.41) is 4.06. The highest BCUT2D eigenvalue weighted by Gasteiger charge is 2.31. The summed E-state index contributed by atoms with van der Waals surface area (Å²) in [4.78, 5) is -0.464. The van der Waals surface area contributed by atoms with E-state index in [4.69, 9.17) is 4.74 Å². The summed E-state index contributed by atoms with van der Waals surface area (Å²) in [5.74, 6) is 0. The Kier molecular flexibility index (Phi) is 4.26. The van der Waals surface area contributed by atoms with Gasteiger partial charge in [0.1, 0.15) is 0 Å². The third-order valence-corrected chi connectivity index (χ3v) is 4.98. The maximum absolute atomic E-state index is 12.7. The Balaban J connectivity index is 1.81. The number of halogens is 3. The number of alkyl halides is 3. The van der Waals surface area contributed by atoms with Crippen molar-refractivity contribution in [3.8, 4) is 0 Å². The van der Waals surface area contributed by atoms with Crippen LogP contribution in [0.2, 0.25) is 0 Å². The van der Waals surface area contributed by atoms with Crippen LogP contribution in [-0.2, 0) is 20.9 Å². The standard InChI is InChI=1S/C14H14F3N3O3S/c15-14(16,17)10-2-1-3-13(6-10)24(21,22)19-11-7-18-20(8-11)12-4-5-23-9-12/h1-3,6-8,12,19H,4-5,9H2/t12-/m0/s1. The summed E-state index contributed by atoms with van der Waals surface area (Å²) in [5.41, 5.74) is -0.844. The van der Waals surface area contributed by atoms with E-state index in [-0.39, 0.29) is 11.7 Å². The van der Waals surface area contributed by atoms with Crippen LogP contribution in [-0.4, -0.2) is 31.4 Å². The van der Waals surface area contributed by atoms with E-state index in [9.17, 15) is 21.6 Å². The van der Waals surface area contributed by atoms with Gasteiger partial charge in [0.15, 0.2) is 0 Å². The number of anilines is 1. The van der Waals surface area contributed by atoms with Crippen molar-refractivity contribution in [1.29, 1.82) is 0 Å². The first-order valence-electron chi connectivity index (χ1n) is 7.08. The number of hydrogen-bond acceptors (Lipinski definition) is 4. The van der Waals surface area contributed by atoms with E-state index in [1.807, 2.05) is 0 Å². The van der Waals surface area contributed by atoms with Crippen LogP contribution in [0.5, 0.6) is 0 Å². The molecular weight excluding hydrogens is 347 g/mol. The average Bonchev–Trinajstić information content (AvgIpc) is 3.17. The zero-order chi connectivity index (χ0) is 17.4. The summed E-state index contributed by atoms with van der Waals surface area (Å²) in [6.45, 7) is 1.09. The predicted molar refractivity (Wildman–Crippen MR) is 79.0 cm³/mol. The number of benzene rings is 1. The van der Waals surface area contributed by atoms with Gasteiger partial charge in [-0.2, -0.15) is 18.3 Å². The van der Waals surface area contributed by atoms with Gasteiger partial charge in [-0.05, 0) is 24.6 Å². The highest BCUT2D eigenvalue weighted by atomic mass is 32.2. The van der Waals surface area contributed by atoms with Gasteiger partial charge in [0.25, 0.3) is 10.0 Å². The molecule has 3 rings (SSSR count). The summed E-state index contributed by atoms with van der Waals surface area (Å²) < 4.78 is 71.7. The number of hydrogen-bond donors (Lipinski definition) is 1. The van der Waals surface area contributed by atoms with Crippen LogP contribution in [0.3, 0.4) is 0 Å². The molecule has 2 aromatic rings. The van der Waals surface area contributed by atoms with Crippen LogP contribution in [0.25, 0.3) is 0 Å². The van der Waals surface area contributed by atoms with Gasteiger partial charge in [-0.25, -0.2) is 8.42 Å². The quantitative estimate of drug-likeness (QED) is 0.909. The maximum atomic E-state index is 12.7. The molecule has 2 heterocycles. The fourth-order valence-electron chi connectivity index (χ4n) is 2.37. The summed E-state index contributed by atoms with van der Waals surface area (Å²) in [7, 11) is -4.14. The minimum Gasteiger partial charge on any atom is -0.379 e. The molecule has 1 fully saturated rings. The van der Waals surface area contributed by atoms with Gasteiger partial charge in [0, 0.05) is 12.8 Å². The summed E-state index contributed by atoms with van der Waals surface area (Å²) >= 11 is 0. The first-order chi connectivity index (χ1) is 11.3. The molecule has 0 unspecified atom stereocenters. The zero-order valence-corrected chi connectivity index (χ0v) is 13.1. The molecule has 0 amide bonds. The topological polar surface area (TPSA) is 73.2 Å². The first-order valence-corrected chi connectivity index (χ1v) is 8.56. The van der Waals surface area contributed by atoms with Crippen LogP contribution in [0.1, 0.15) is 18.0 Å². The molecule has 130 valence electrons. The molecule has 1 aromatic carbocycles. The lowest BCUT2D eigenvalue weighted by Gasteiger charge is -2.10. The number of ether oxygens (including phenoxy) is 1. The lowest BCUT2D eigenvalue weighted by Crippen LogP contribution is -2.14. The zero-order valence-electron chi connectivity index (χ0n) is 12.3. The van der Waals surface area contributed by atoms with Crippen molar-refractivity contribution in [1.82, 2.24) is 9.78 Å². The molecule has 0 aliphatic carbocycles. The molecule has 6 nitrogen and oxygen atoms in total. The fourth-order valence-corrected chi connectivity index (χ4v) is 3.45. The van der Waals surface area contributed by atoms with E-state index < -0.39 is 26.7 Å². The van der Waals surface area contributed by atoms with Gasteiger partial charge in [0.05, 0.1) is 35.0 Å². The molecule has 1 aromatic heterocycles. The van der Waals surface area contributed by atoms with Crippen molar-refractivity contribution in [2.45, 2.75) is 23.5 Å². The number of rotatable bonds is 4. The van der Waals surface area contributed by atoms with Crippen molar-refractivity contribution in [3.05, 3.63) is 42.2 Å². The van der Waals surface area contributed by atoms with Crippen molar-refractivity contribution < 1.29 is 26.3 Å². The van der Waals surface area contributed by atoms with Crippen LogP contribution in [0.15, 0.2) is 41.6 Å². The molecule has 10 heteroatoms. The fraction of sp³-hybridized carbons (Fsp3) is 0.357. The van der Waals surface area contributed by atoms with Crippen molar-refractivity contribution in [2.75, 3.05) is 17.9 Å². The third-order valence-electron chi connectivity index (χ3n) is 3.61. The van der Waals surface area contributed by atoms with Crippen LogP contribution in [0, 0.1) is 0 Å². The molecule has 0 saturated carbocycles. The van der Waals surface area contributed by atoms with E-state index in [1.165, 1.54) is 12.4 Å². The Morgan fingerprint density at radius 2 is 2.12 bits per heavy atom. The van der Waals surface area contributed by atoms with Gasteiger partial charge >= 0.3 is 6.18 Å². The molecule has 0 bridgehead atoms. The number of nitrogens with one attached hydrogen (secondary N) is 1. The normalized spacial score (nSPS) is 18.7. The van der Waals surface area contributed by atoms with E-state index in [1.54, 1.807) is 4.68 Å². The molecule has 0 radical (unpaired) electrons. The smallest absolute Gasteiger partial charge is 0.379 e. The molecular formula is C14H14F3N3O3S. The monoisotopic (exact) mass is 361 g/mol. The molecule has 1 aliphatic rings. The van der Waals surface area contributed by atoms with Crippen molar-refractivity contribution >= 4 is 15.7 Å². The van der Waals surface area contributed by atoms with Gasteiger partial charge in [-0.3, -0.25) is 9.40 Å². The second-order valence-electron chi connectivity index (χ2n) is 5.36. The largest absolute Gasteiger partial charge is 0.416 e. The van der Waals surface area contributed by atoms with Crippen LogP contribution >= 0.6 is 0 Å². The molecule has 1 atom stereocenters.